The Morgan fingerprint density at radius 1 is 1.08 bits per heavy atom. The average molecular weight is 338 g/mol. The molecule has 2 aromatic carbocycles. The van der Waals surface area contributed by atoms with Crippen molar-refractivity contribution >= 4 is 21.7 Å². The van der Waals surface area contributed by atoms with E-state index < -0.39 is 10.8 Å². The molecule has 3 nitrogen and oxygen atoms in total. The topological polar surface area (TPSA) is 42.0 Å². The molecular formula is C20H22N2OS. The highest BCUT2D eigenvalue weighted by molar-refractivity contribution is 7.84. The molecule has 0 fully saturated rings. The minimum Gasteiger partial charge on any atom is -0.310 e. The van der Waals surface area contributed by atoms with E-state index >= 15 is 0 Å². The summed E-state index contributed by atoms with van der Waals surface area (Å²) in [7, 11) is -0.922. The fourth-order valence-electron chi connectivity index (χ4n) is 2.86. The van der Waals surface area contributed by atoms with Gasteiger partial charge in [0, 0.05) is 39.6 Å². The number of hydrogen-bond acceptors (Lipinski definition) is 3. The highest BCUT2D eigenvalue weighted by Gasteiger charge is 2.07. The lowest BCUT2D eigenvalue weighted by molar-refractivity contribution is 0.577. The Bertz CT molecular complexity index is 840. The molecular weight excluding hydrogens is 316 g/mol. The zero-order valence-electron chi connectivity index (χ0n) is 14.0. The number of nitrogens with one attached hydrogen (secondary N) is 1. The van der Waals surface area contributed by atoms with Crippen LogP contribution in [0.15, 0.2) is 65.7 Å². The highest BCUT2D eigenvalue weighted by Crippen LogP contribution is 2.17. The summed E-state index contributed by atoms with van der Waals surface area (Å²) in [5.41, 5.74) is 3.56. The number of benzene rings is 2. The summed E-state index contributed by atoms with van der Waals surface area (Å²) >= 11 is 0. The number of nitrogens with zero attached hydrogens (tertiary/aromatic N) is 1. The molecule has 124 valence electrons. The van der Waals surface area contributed by atoms with Gasteiger partial charge >= 0.3 is 0 Å². The fraction of sp³-hybridized carbons (Fsp3) is 0.250. The third-order valence-electron chi connectivity index (χ3n) is 4.27. The van der Waals surface area contributed by atoms with Crippen molar-refractivity contribution in [2.24, 2.45) is 0 Å². The molecule has 24 heavy (non-hydrogen) atoms. The Kier molecular flexibility index (Phi) is 5.38. The monoisotopic (exact) mass is 338 g/mol. The standard InChI is InChI=1S/C20H22N2OS/c1-15(16-8-10-19(11-9-16)24(2)23)21-14-12-18-6-3-5-17-7-4-13-22-20(17)18/h3-11,13,15,21H,12,14H2,1-2H3/t15-,24-/m1/s1. The first-order valence-corrected chi connectivity index (χ1v) is 9.70. The lowest BCUT2D eigenvalue weighted by Crippen LogP contribution is -2.21. The number of rotatable bonds is 6. The predicted molar refractivity (Wildman–Crippen MR) is 101 cm³/mol. The van der Waals surface area contributed by atoms with E-state index in [0.717, 1.165) is 23.4 Å². The van der Waals surface area contributed by atoms with E-state index in [1.807, 2.05) is 36.5 Å². The third-order valence-corrected chi connectivity index (χ3v) is 5.21. The van der Waals surface area contributed by atoms with Gasteiger partial charge in [0.05, 0.1) is 5.52 Å². The summed E-state index contributed by atoms with van der Waals surface area (Å²) in [4.78, 5) is 5.37. The largest absolute Gasteiger partial charge is 0.310 e. The molecule has 0 unspecified atom stereocenters. The molecule has 1 aromatic heterocycles. The molecule has 4 heteroatoms. The van der Waals surface area contributed by atoms with Crippen molar-refractivity contribution in [2.45, 2.75) is 24.3 Å². The maximum Gasteiger partial charge on any atom is 0.0734 e. The van der Waals surface area contributed by atoms with Crippen molar-refractivity contribution in [3.05, 3.63) is 71.9 Å². The molecule has 0 saturated heterocycles. The molecule has 1 heterocycles. The molecule has 0 spiro atoms. The zero-order chi connectivity index (χ0) is 16.9. The second kappa shape index (κ2) is 7.69. The van der Waals surface area contributed by atoms with E-state index in [1.54, 1.807) is 6.26 Å². The van der Waals surface area contributed by atoms with Crippen LogP contribution in [0.1, 0.15) is 24.1 Å². The van der Waals surface area contributed by atoms with Gasteiger partial charge in [0.1, 0.15) is 0 Å². The average Bonchev–Trinajstić information content (AvgIpc) is 2.62. The van der Waals surface area contributed by atoms with Gasteiger partial charge in [-0.25, -0.2) is 0 Å². The van der Waals surface area contributed by atoms with Crippen LogP contribution < -0.4 is 5.32 Å². The summed E-state index contributed by atoms with van der Waals surface area (Å²) in [5, 5.41) is 4.74. The van der Waals surface area contributed by atoms with E-state index in [4.69, 9.17) is 0 Å². The normalized spacial score (nSPS) is 13.8. The Labute approximate surface area is 145 Å². The quantitative estimate of drug-likeness (QED) is 0.742. The summed E-state index contributed by atoms with van der Waals surface area (Å²) in [6.07, 6.45) is 4.49. The van der Waals surface area contributed by atoms with Crippen LogP contribution in [-0.4, -0.2) is 22.0 Å². The molecule has 3 aromatic rings. The molecule has 3 rings (SSSR count). The first kappa shape index (κ1) is 16.8. The smallest absolute Gasteiger partial charge is 0.0734 e. The van der Waals surface area contributed by atoms with Gasteiger partial charge in [-0.1, -0.05) is 36.4 Å². The molecule has 0 amide bonds. The van der Waals surface area contributed by atoms with E-state index in [9.17, 15) is 4.21 Å². The molecule has 0 radical (unpaired) electrons. The molecule has 2 atom stereocenters. The van der Waals surface area contributed by atoms with Crippen LogP contribution in [-0.2, 0) is 17.2 Å². The number of fused-ring (bicyclic) bond motifs is 1. The van der Waals surface area contributed by atoms with Crippen molar-refractivity contribution in [1.82, 2.24) is 10.3 Å². The van der Waals surface area contributed by atoms with Crippen LogP contribution in [0.3, 0.4) is 0 Å². The first-order chi connectivity index (χ1) is 11.6. The zero-order valence-corrected chi connectivity index (χ0v) is 14.8. The van der Waals surface area contributed by atoms with Gasteiger partial charge < -0.3 is 5.32 Å². The van der Waals surface area contributed by atoms with Gasteiger partial charge in [-0.2, -0.15) is 0 Å². The van der Waals surface area contributed by atoms with Crippen LogP contribution in [0, 0.1) is 0 Å². The Morgan fingerprint density at radius 2 is 1.83 bits per heavy atom. The van der Waals surface area contributed by atoms with Gasteiger partial charge in [0.2, 0.25) is 0 Å². The third kappa shape index (κ3) is 3.89. The summed E-state index contributed by atoms with van der Waals surface area (Å²) in [6.45, 7) is 3.04. The summed E-state index contributed by atoms with van der Waals surface area (Å²) in [6, 6.07) is 18.6. The minimum absolute atomic E-state index is 0.257. The van der Waals surface area contributed by atoms with Crippen LogP contribution >= 0.6 is 0 Å². The molecule has 1 N–H and O–H groups in total. The van der Waals surface area contributed by atoms with Crippen molar-refractivity contribution < 1.29 is 4.21 Å². The van der Waals surface area contributed by atoms with Gasteiger partial charge in [-0.05, 0) is 49.2 Å². The molecule has 0 saturated carbocycles. The SMILES string of the molecule is C[C@@H](NCCc1cccc2cccnc12)c1ccc([S@@](C)=O)cc1. The van der Waals surface area contributed by atoms with Crippen LogP contribution in [0.2, 0.25) is 0 Å². The highest BCUT2D eigenvalue weighted by atomic mass is 32.2. The first-order valence-electron chi connectivity index (χ1n) is 8.14. The fourth-order valence-corrected chi connectivity index (χ4v) is 3.38. The number of hydrogen-bond donors (Lipinski definition) is 1. The molecule has 0 aliphatic heterocycles. The van der Waals surface area contributed by atoms with Gasteiger partial charge in [-0.3, -0.25) is 9.19 Å². The van der Waals surface area contributed by atoms with E-state index in [2.05, 4.69) is 41.5 Å². The van der Waals surface area contributed by atoms with E-state index in [0.29, 0.717) is 0 Å². The summed E-state index contributed by atoms with van der Waals surface area (Å²) < 4.78 is 11.5. The van der Waals surface area contributed by atoms with Gasteiger partial charge in [0.15, 0.2) is 0 Å². The van der Waals surface area contributed by atoms with Crippen LogP contribution in [0.4, 0.5) is 0 Å². The number of aromatic nitrogens is 1. The maximum absolute atomic E-state index is 11.5. The van der Waals surface area contributed by atoms with Crippen molar-refractivity contribution in [3.63, 3.8) is 0 Å². The van der Waals surface area contributed by atoms with Gasteiger partial charge in [-0.15, -0.1) is 0 Å². The van der Waals surface area contributed by atoms with Crippen LogP contribution in [0.25, 0.3) is 10.9 Å². The van der Waals surface area contributed by atoms with E-state index in [-0.39, 0.29) is 6.04 Å². The Hall–Kier alpha value is -2.04. The lowest BCUT2D eigenvalue weighted by Gasteiger charge is -2.15. The minimum atomic E-state index is -0.922. The predicted octanol–water partition coefficient (Wildman–Crippen LogP) is 3.87. The van der Waals surface area contributed by atoms with Crippen molar-refractivity contribution in [3.8, 4) is 0 Å². The van der Waals surface area contributed by atoms with Crippen LogP contribution in [0.5, 0.6) is 0 Å². The number of para-hydroxylation sites is 1. The van der Waals surface area contributed by atoms with Gasteiger partial charge in [0.25, 0.3) is 0 Å². The van der Waals surface area contributed by atoms with Crippen molar-refractivity contribution in [2.75, 3.05) is 12.8 Å². The molecule has 0 aliphatic rings. The Balaban J connectivity index is 1.62. The molecule has 0 bridgehead atoms. The van der Waals surface area contributed by atoms with Crippen molar-refractivity contribution in [1.29, 1.82) is 0 Å². The summed E-state index contributed by atoms with van der Waals surface area (Å²) in [5.74, 6) is 0. The Morgan fingerprint density at radius 3 is 2.58 bits per heavy atom. The number of pyridine rings is 1. The second-order valence-corrected chi connectivity index (χ2v) is 7.32. The van der Waals surface area contributed by atoms with E-state index in [1.165, 1.54) is 16.5 Å². The lowest BCUT2D eigenvalue weighted by atomic mass is 10.1. The molecule has 0 aliphatic carbocycles. The second-order valence-electron chi connectivity index (χ2n) is 5.94. The maximum atomic E-state index is 11.5.